The maximum absolute atomic E-state index is 13.6. The van der Waals surface area contributed by atoms with Gasteiger partial charge in [0.15, 0.2) is 11.6 Å². The Morgan fingerprint density at radius 1 is 1.40 bits per heavy atom. The summed E-state index contributed by atoms with van der Waals surface area (Å²) in [6.45, 7) is 0. The van der Waals surface area contributed by atoms with Gasteiger partial charge in [-0.2, -0.15) is 4.39 Å². The Bertz CT molecular complexity index is 393. The largest absolute Gasteiger partial charge is 0.494 e. The normalized spacial score (nSPS) is 19.9. The van der Waals surface area contributed by atoms with Gasteiger partial charge in [0.2, 0.25) is 5.82 Å². The van der Waals surface area contributed by atoms with Gasteiger partial charge in [-0.15, -0.1) is 0 Å². The molecule has 1 aliphatic carbocycles. The van der Waals surface area contributed by atoms with Crippen LogP contribution in [0.4, 0.5) is 8.78 Å². The van der Waals surface area contributed by atoms with Crippen molar-refractivity contribution in [1.82, 2.24) is 0 Å². The van der Waals surface area contributed by atoms with Crippen molar-refractivity contribution >= 4 is 0 Å². The van der Waals surface area contributed by atoms with Crippen LogP contribution in [0.15, 0.2) is 6.07 Å². The fraction of sp³-hybridized carbons (Fsp3) is 0.455. The van der Waals surface area contributed by atoms with Crippen molar-refractivity contribution in [3.05, 3.63) is 28.8 Å². The van der Waals surface area contributed by atoms with Gasteiger partial charge in [0.25, 0.3) is 0 Å². The molecule has 15 heavy (non-hydrogen) atoms. The Balaban J connectivity index is 2.52. The number of fused-ring (bicyclic) bond motifs is 1. The Morgan fingerprint density at radius 2 is 2.13 bits per heavy atom. The standard InChI is InChI=1S/C11H13F2NO/c1-15-9-5-6-4-7(14)2-3-8(6)10(12)11(9)13/h5,7H,2-4,14H2,1H3/t7-/m0/s1. The summed E-state index contributed by atoms with van der Waals surface area (Å²) in [7, 11) is 1.33. The van der Waals surface area contributed by atoms with E-state index in [1.54, 1.807) is 6.07 Å². The molecule has 2 nitrogen and oxygen atoms in total. The fourth-order valence-corrected chi connectivity index (χ4v) is 2.01. The summed E-state index contributed by atoms with van der Waals surface area (Å²) in [6.07, 6.45) is 1.79. The van der Waals surface area contributed by atoms with E-state index in [1.807, 2.05) is 0 Å². The van der Waals surface area contributed by atoms with Crippen molar-refractivity contribution < 1.29 is 13.5 Å². The van der Waals surface area contributed by atoms with E-state index in [0.717, 1.165) is 5.56 Å². The molecule has 1 atom stereocenters. The molecule has 0 saturated carbocycles. The lowest BCUT2D eigenvalue weighted by molar-refractivity contribution is 0.366. The fourth-order valence-electron chi connectivity index (χ4n) is 2.01. The Hall–Kier alpha value is -1.16. The molecule has 82 valence electrons. The van der Waals surface area contributed by atoms with Crippen LogP contribution in [0, 0.1) is 11.6 Å². The van der Waals surface area contributed by atoms with Gasteiger partial charge in [-0.3, -0.25) is 0 Å². The molecule has 2 rings (SSSR count). The van der Waals surface area contributed by atoms with Crippen molar-refractivity contribution in [3.8, 4) is 5.75 Å². The van der Waals surface area contributed by atoms with Crippen LogP contribution in [0.3, 0.4) is 0 Å². The number of nitrogens with two attached hydrogens (primary N) is 1. The Labute approximate surface area is 87.0 Å². The van der Waals surface area contributed by atoms with E-state index in [9.17, 15) is 8.78 Å². The van der Waals surface area contributed by atoms with Gasteiger partial charge < -0.3 is 10.5 Å². The van der Waals surface area contributed by atoms with Crippen molar-refractivity contribution in [3.63, 3.8) is 0 Å². The van der Waals surface area contributed by atoms with E-state index in [2.05, 4.69) is 0 Å². The van der Waals surface area contributed by atoms with E-state index in [-0.39, 0.29) is 11.8 Å². The third-order valence-corrected chi connectivity index (χ3v) is 2.83. The number of halogens is 2. The first kappa shape index (κ1) is 10.4. The summed E-state index contributed by atoms with van der Waals surface area (Å²) < 4.78 is 31.7. The summed E-state index contributed by atoms with van der Waals surface area (Å²) in [6, 6.07) is 1.58. The van der Waals surface area contributed by atoms with Crippen LogP contribution in [-0.2, 0) is 12.8 Å². The summed E-state index contributed by atoms with van der Waals surface area (Å²) >= 11 is 0. The maximum atomic E-state index is 13.6. The molecular weight excluding hydrogens is 200 g/mol. The quantitative estimate of drug-likeness (QED) is 0.771. The lowest BCUT2D eigenvalue weighted by Crippen LogP contribution is -2.28. The molecule has 0 radical (unpaired) electrons. The molecule has 0 aliphatic heterocycles. The first-order chi connectivity index (χ1) is 7.13. The van der Waals surface area contributed by atoms with Gasteiger partial charge in [0.05, 0.1) is 7.11 Å². The molecular formula is C11H13F2NO. The molecule has 0 saturated heterocycles. The van der Waals surface area contributed by atoms with Gasteiger partial charge in [0, 0.05) is 6.04 Å². The molecule has 4 heteroatoms. The summed E-state index contributed by atoms with van der Waals surface area (Å²) in [5.74, 6) is -1.72. The topological polar surface area (TPSA) is 35.2 Å². The zero-order chi connectivity index (χ0) is 11.0. The van der Waals surface area contributed by atoms with E-state index < -0.39 is 11.6 Å². The van der Waals surface area contributed by atoms with Crippen molar-refractivity contribution in [2.75, 3.05) is 7.11 Å². The van der Waals surface area contributed by atoms with Gasteiger partial charge in [-0.25, -0.2) is 4.39 Å². The predicted molar refractivity (Wildman–Crippen MR) is 52.9 cm³/mol. The van der Waals surface area contributed by atoms with E-state index in [4.69, 9.17) is 10.5 Å². The minimum absolute atomic E-state index is 0.0343. The first-order valence-corrected chi connectivity index (χ1v) is 4.92. The van der Waals surface area contributed by atoms with Gasteiger partial charge in [-0.05, 0) is 36.5 Å². The monoisotopic (exact) mass is 213 g/mol. The minimum Gasteiger partial charge on any atom is -0.494 e. The van der Waals surface area contributed by atoms with Crippen LogP contribution in [0.2, 0.25) is 0 Å². The second kappa shape index (κ2) is 3.77. The summed E-state index contributed by atoms with van der Waals surface area (Å²) in [4.78, 5) is 0. The molecule has 1 aromatic rings. The molecule has 0 unspecified atom stereocenters. The molecule has 1 aliphatic rings. The van der Waals surface area contributed by atoms with E-state index in [1.165, 1.54) is 7.11 Å². The van der Waals surface area contributed by atoms with Crippen LogP contribution in [0.25, 0.3) is 0 Å². The molecule has 0 aromatic heterocycles. The van der Waals surface area contributed by atoms with E-state index in [0.29, 0.717) is 24.8 Å². The zero-order valence-corrected chi connectivity index (χ0v) is 8.52. The number of methoxy groups -OCH3 is 1. The van der Waals surface area contributed by atoms with Gasteiger partial charge >= 0.3 is 0 Å². The molecule has 1 aromatic carbocycles. The second-order valence-corrected chi connectivity index (χ2v) is 3.85. The first-order valence-electron chi connectivity index (χ1n) is 4.92. The van der Waals surface area contributed by atoms with Crippen LogP contribution in [-0.4, -0.2) is 13.2 Å². The van der Waals surface area contributed by atoms with Gasteiger partial charge in [0.1, 0.15) is 0 Å². The minimum atomic E-state index is -0.897. The number of rotatable bonds is 1. The van der Waals surface area contributed by atoms with Crippen molar-refractivity contribution in [2.24, 2.45) is 5.73 Å². The predicted octanol–water partition coefficient (Wildman–Crippen LogP) is 1.79. The summed E-state index contributed by atoms with van der Waals surface area (Å²) in [5.41, 5.74) is 6.99. The van der Waals surface area contributed by atoms with E-state index >= 15 is 0 Å². The molecule has 0 fully saturated rings. The molecule has 0 amide bonds. The molecule has 2 N–H and O–H groups in total. The number of benzene rings is 1. The van der Waals surface area contributed by atoms with Crippen LogP contribution in [0.1, 0.15) is 17.5 Å². The Kier molecular flexibility index (Phi) is 2.61. The molecule has 0 spiro atoms. The van der Waals surface area contributed by atoms with Gasteiger partial charge in [-0.1, -0.05) is 0 Å². The summed E-state index contributed by atoms with van der Waals surface area (Å²) in [5, 5.41) is 0. The lowest BCUT2D eigenvalue weighted by Gasteiger charge is -2.22. The third-order valence-electron chi connectivity index (χ3n) is 2.83. The van der Waals surface area contributed by atoms with Crippen LogP contribution < -0.4 is 10.5 Å². The van der Waals surface area contributed by atoms with Crippen molar-refractivity contribution in [2.45, 2.75) is 25.3 Å². The smallest absolute Gasteiger partial charge is 0.200 e. The highest BCUT2D eigenvalue weighted by molar-refractivity contribution is 5.40. The highest BCUT2D eigenvalue weighted by atomic mass is 19.2. The van der Waals surface area contributed by atoms with Crippen LogP contribution in [0.5, 0.6) is 5.75 Å². The zero-order valence-electron chi connectivity index (χ0n) is 8.52. The SMILES string of the molecule is COc1cc2c(c(F)c1F)CC[C@H](N)C2. The highest BCUT2D eigenvalue weighted by Gasteiger charge is 2.23. The lowest BCUT2D eigenvalue weighted by atomic mass is 9.88. The number of hydrogen-bond acceptors (Lipinski definition) is 2. The third kappa shape index (κ3) is 1.69. The molecule has 0 heterocycles. The Morgan fingerprint density at radius 3 is 2.80 bits per heavy atom. The number of hydrogen-bond donors (Lipinski definition) is 1. The average Bonchev–Trinajstić information content (AvgIpc) is 2.23. The second-order valence-electron chi connectivity index (χ2n) is 3.85. The van der Waals surface area contributed by atoms with Crippen molar-refractivity contribution in [1.29, 1.82) is 0 Å². The molecule has 0 bridgehead atoms. The highest BCUT2D eigenvalue weighted by Crippen LogP contribution is 2.30. The maximum Gasteiger partial charge on any atom is 0.200 e. The number of ether oxygens (including phenoxy) is 1. The van der Waals surface area contributed by atoms with Crippen LogP contribution >= 0.6 is 0 Å². The average molecular weight is 213 g/mol.